The number of sulfone groups is 1. The van der Waals surface area contributed by atoms with Gasteiger partial charge in [-0.15, -0.1) is 0 Å². The number of nitrogens with zero attached hydrogens (tertiary/aromatic N) is 2. The number of hydrogen-bond donors (Lipinski definition) is 0. The van der Waals surface area contributed by atoms with Crippen molar-refractivity contribution in [1.29, 1.82) is 0 Å². The smallest absolute Gasteiger partial charge is 0.235 e. The van der Waals surface area contributed by atoms with Gasteiger partial charge in [0.15, 0.2) is 15.5 Å². The van der Waals surface area contributed by atoms with Crippen LogP contribution in [-0.4, -0.2) is 24.5 Å². The fraction of sp³-hybridized carbons (Fsp3) is 0.150. The normalized spacial score (nSPS) is 12.6. The Hall–Kier alpha value is -2.29. The van der Waals surface area contributed by atoms with E-state index in [1.54, 1.807) is 6.92 Å². The summed E-state index contributed by atoms with van der Waals surface area (Å²) in [6, 6.07) is 9.64. The van der Waals surface area contributed by atoms with Gasteiger partial charge in [0, 0.05) is 34.2 Å². The van der Waals surface area contributed by atoms with Gasteiger partial charge in [0.1, 0.15) is 5.69 Å². The van der Waals surface area contributed by atoms with E-state index >= 15 is 0 Å². The van der Waals surface area contributed by atoms with Gasteiger partial charge in [-0.2, -0.15) is 18.3 Å². The van der Waals surface area contributed by atoms with Crippen molar-refractivity contribution in [2.75, 3.05) is 6.26 Å². The summed E-state index contributed by atoms with van der Waals surface area (Å²) in [7, 11) is -3.46. The van der Waals surface area contributed by atoms with Crippen LogP contribution in [-0.2, 0) is 16.0 Å². The van der Waals surface area contributed by atoms with Gasteiger partial charge in [-0.25, -0.2) is 13.1 Å². The lowest BCUT2D eigenvalue weighted by atomic mass is 9.98. The molecule has 30 heavy (non-hydrogen) atoms. The first-order chi connectivity index (χ1) is 13.9. The molecule has 3 aromatic rings. The van der Waals surface area contributed by atoms with E-state index in [0.29, 0.717) is 5.56 Å². The van der Waals surface area contributed by atoms with Crippen LogP contribution in [0.5, 0.6) is 0 Å². The highest BCUT2D eigenvalue weighted by Crippen LogP contribution is 2.45. The average molecular weight is 475 g/mol. The number of benzene rings is 2. The first kappa shape index (κ1) is 22.4. The van der Waals surface area contributed by atoms with Gasteiger partial charge in [-0.3, -0.25) is 0 Å². The molecular formula is C20H15Cl2F3N2O2S. The summed E-state index contributed by atoms with van der Waals surface area (Å²) < 4.78 is 66.3. The summed E-state index contributed by atoms with van der Waals surface area (Å²) in [6.45, 7) is 1.57. The van der Waals surface area contributed by atoms with E-state index < -0.39 is 21.7 Å². The second kappa shape index (κ2) is 8.09. The van der Waals surface area contributed by atoms with E-state index in [1.165, 1.54) is 54.7 Å². The van der Waals surface area contributed by atoms with Crippen molar-refractivity contribution >= 4 is 39.2 Å². The Bertz CT molecular complexity index is 1230. The Balaban J connectivity index is 2.37. The Kier molecular flexibility index (Phi) is 6.04. The van der Waals surface area contributed by atoms with E-state index in [1.807, 2.05) is 0 Å². The Morgan fingerprint density at radius 2 is 1.70 bits per heavy atom. The van der Waals surface area contributed by atoms with Crippen LogP contribution in [0.15, 0.2) is 53.4 Å². The molecule has 0 radical (unpaired) electrons. The van der Waals surface area contributed by atoms with E-state index in [2.05, 4.69) is 5.10 Å². The molecule has 4 nitrogen and oxygen atoms in total. The number of allylic oxidation sites excluding steroid dienone is 1. The van der Waals surface area contributed by atoms with E-state index in [-0.39, 0.29) is 31.8 Å². The molecule has 0 bridgehead atoms. The number of aromatic nitrogens is 2. The SMILES string of the molecule is CC=Cn1nc(-c2ccc(S(C)(=O)=O)cc2)c(-c2ccc(Cl)cc2Cl)c1C(F)(F)F. The first-order valence-electron chi connectivity index (χ1n) is 8.52. The quantitative estimate of drug-likeness (QED) is 0.437. The number of hydrogen-bond acceptors (Lipinski definition) is 3. The molecule has 0 atom stereocenters. The van der Waals surface area contributed by atoms with Gasteiger partial charge < -0.3 is 0 Å². The molecule has 0 N–H and O–H groups in total. The van der Waals surface area contributed by atoms with Crippen LogP contribution in [0.25, 0.3) is 28.6 Å². The van der Waals surface area contributed by atoms with E-state index in [4.69, 9.17) is 23.2 Å². The molecule has 0 fully saturated rings. The Morgan fingerprint density at radius 3 is 2.20 bits per heavy atom. The summed E-state index contributed by atoms with van der Waals surface area (Å²) in [5, 5.41) is 4.44. The highest BCUT2D eigenvalue weighted by atomic mass is 35.5. The van der Waals surface area contributed by atoms with Crippen molar-refractivity contribution in [3.05, 3.63) is 64.3 Å². The lowest BCUT2D eigenvalue weighted by Crippen LogP contribution is -2.12. The third-order valence-electron chi connectivity index (χ3n) is 4.23. The maximum Gasteiger partial charge on any atom is 0.434 e. The molecule has 0 aliphatic rings. The number of rotatable bonds is 4. The van der Waals surface area contributed by atoms with Crippen LogP contribution in [0.4, 0.5) is 13.2 Å². The second-order valence-corrected chi connectivity index (χ2v) is 9.28. The summed E-state index contributed by atoms with van der Waals surface area (Å²) >= 11 is 12.1. The molecule has 0 spiro atoms. The van der Waals surface area contributed by atoms with Crippen molar-refractivity contribution in [3.8, 4) is 22.4 Å². The number of halogens is 5. The van der Waals surface area contributed by atoms with Crippen molar-refractivity contribution in [3.63, 3.8) is 0 Å². The van der Waals surface area contributed by atoms with Crippen LogP contribution >= 0.6 is 23.2 Å². The molecule has 158 valence electrons. The predicted octanol–water partition coefficient (Wildman–Crippen LogP) is 6.44. The molecule has 0 unspecified atom stereocenters. The Morgan fingerprint density at radius 1 is 1.07 bits per heavy atom. The lowest BCUT2D eigenvalue weighted by molar-refractivity contribution is -0.142. The minimum Gasteiger partial charge on any atom is -0.235 e. The largest absolute Gasteiger partial charge is 0.434 e. The fourth-order valence-electron chi connectivity index (χ4n) is 2.96. The molecule has 0 amide bonds. The maximum atomic E-state index is 14.0. The van der Waals surface area contributed by atoms with Crippen molar-refractivity contribution in [1.82, 2.24) is 9.78 Å². The second-order valence-electron chi connectivity index (χ2n) is 6.42. The lowest BCUT2D eigenvalue weighted by Gasteiger charge is -2.12. The molecule has 0 saturated carbocycles. The zero-order chi connectivity index (χ0) is 22.3. The van der Waals surface area contributed by atoms with Gasteiger partial charge in [-0.1, -0.05) is 47.5 Å². The van der Waals surface area contributed by atoms with Crippen molar-refractivity contribution < 1.29 is 21.6 Å². The fourth-order valence-corrected chi connectivity index (χ4v) is 4.10. The summed E-state index contributed by atoms with van der Waals surface area (Å²) in [5.74, 6) is 0. The molecule has 2 aromatic carbocycles. The minimum atomic E-state index is -4.74. The molecule has 0 aliphatic heterocycles. The van der Waals surface area contributed by atoms with Gasteiger partial charge >= 0.3 is 6.18 Å². The topological polar surface area (TPSA) is 52.0 Å². The highest BCUT2D eigenvalue weighted by molar-refractivity contribution is 7.90. The minimum absolute atomic E-state index is 0.00435. The summed E-state index contributed by atoms with van der Waals surface area (Å²) in [4.78, 5) is 0.0428. The highest BCUT2D eigenvalue weighted by Gasteiger charge is 2.40. The van der Waals surface area contributed by atoms with Crippen LogP contribution in [0.3, 0.4) is 0 Å². The van der Waals surface area contributed by atoms with Crippen molar-refractivity contribution in [2.24, 2.45) is 0 Å². The molecule has 0 aliphatic carbocycles. The standard InChI is InChI=1S/C20H15Cl2F3N2O2S/c1-3-10-27-19(20(23,24)25)17(15-9-6-13(21)11-16(15)22)18(26-27)12-4-7-14(8-5-12)30(2,28)29/h3-11H,1-2H3. The molecule has 0 saturated heterocycles. The van der Waals surface area contributed by atoms with Gasteiger partial charge in [-0.05, 0) is 31.2 Å². The summed E-state index contributed by atoms with van der Waals surface area (Å²) in [6.07, 6.45) is -1.09. The third-order valence-corrected chi connectivity index (χ3v) is 5.90. The monoisotopic (exact) mass is 474 g/mol. The summed E-state index contributed by atoms with van der Waals surface area (Å²) in [5.41, 5.74) is -0.824. The zero-order valence-electron chi connectivity index (χ0n) is 15.7. The maximum absolute atomic E-state index is 14.0. The van der Waals surface area contributed by atoms with Crippen LogP contribution < -0.4 is 0 Å². The molecular weight excluding hydrogens is 460 g/mol. The zero-order valence-corrected chi connectivity index (χ0v) is 18.0. The van der Waals surface area contributed by atoms with Crippen molar-refractivity contribution in [2.45, 2.75) is 18.0 Å². The van der Waals surface area contributed by atoms with Crippen LogP contribution in [0.1, 0.15) is 12.6 Å². The predicted molar refractivity (Wildman–Crippen MR) is 112 cm³/mol. The first-order valence-corrected chi connectivity index (χ1v) is 11.2. The molecule has 1 aromatic heterocycles. The van der Waals surface area contributed by atoms with Gasteiger partial charge in [0.2, 0.25) is 0 Å². The average Bonchev–Trinajstić information content (AvgIpc) is 3.01. The molecule has 1 heterocycles. The van der Waals surface area contributed by atoms with E-state index in [9.17, 15) is 21.6 Å². The van der Waals surface area contributed by atoms with Gasteiger partial charge in [0.25, 0.3) is 0 Å². The third kappa shape index (κ3) is 4.40. The van der Waals surface area contributed by atoms with Crippen LogP contribution in [0, 0.1) is 0 Å². The molecule has 10 heteroatoms. The van der Waals surface area contributed by atoms with E-state index in [0.717, 1.165) is 10.9 Å². The number of alkyl halides is 3. The molecule has 3 rings (SSSR count). The van der Waals surface area contributed by atoms with Gasteiger partial charge in [0.05, 0.1) is 9.92 Å². The van der Waals surface area contributed by atoms with Crippen LogP contribution in [0.2, 0.25) is 10.0 Å². The Labute approximate surface area is 181 Å².